The molecule has 1 heterocycles. The van der Waals surface area contributed by atoms with Gasteiger partial charge in [0.2, 0.25) is 5.91 Å². The van der Waals surface area contributed by atoms with Crippen LogP contribution in [0.25, 0.3) is 10.9 Å². The van der Waals surface area contributed by atoms with E-state index in [2.05, 4.69) is 34.7 Å². The molecule has 0 saturated carbocycles. The monoisotopic (exact) mass is 442 g/mol. The summed E-state index contributed by atoms with van der Waals surface area (Å²) in [5.74, 6) is -0.118. The van der Waals surface area contributed by atoms with E-state index in [0.717, 1.165) is 36.2 Å². The number of fused-ring (bicyclic) bond motifs is 1. The number of carbonyl (C=O) groups is 1. The molecule has 0 spiro atoms. The topological polar surface area (TPSA) is 82.9 Å². The predicted octanol–water partition coefficient (Wildman–Crippen LogP) is 5.11. The Morgan fingerprint density at radius 3 is 2.83 bits per heavy atom. The van der Waals surface area contributed by atoms with Gasteiger partial charge in [-0.15, -0.1) is 0 Å². The molecule has 1 unspecified atom stereocenters. The van der Waals surface area contributed by atoms with Gasteiger partial charge in [0.15, 0.2) is 5.11 Å². The third-order valence-corrected chi connectivity index (χ3v) is 5.77. The van der Waals surface area contributed by atoms with Crippen molar-refractivity contribution in [2.75, 3.05) is 11.9 Å². The van der Waals surface area contributed by atoms with E-state index in [1.807, 2.05) is 36.5 Å². The van der Waals surface area contributed by atoms with Gasteiger partial charge in [-0.2, -0.15) is 0 Å². The zero-order valence-electron chi connectivity index (χ0n) is 17.0. The SMILES string of the molecule is CCC(CCC(N)=O)c1cc(Cl)ccc1NC(=S)NCCc1c[nH]c2ccccc12. The lowest BCUT2D eigenvalue weighted by atomic mass is 9.90. The summed E-state index contributed by atoms with van der Waals surface area (Å²) in [5, 5.41) is 9.03. The quantitative estimate of drug-likeness (QED) is 0.347. The van der Waals surface area contributed by atoms with E-state index in [4.69, 9.17) is 29.6 Å². The van der Waals surface area contributed by atoms with Crippen molar-refractivity contribution >= 4 is 51.4 Å². The highest BCUT2D eigenvalue weighted by Crippen LogP contribution is 2.33. The summed E-state index contributed by atoms with van der Waals surface area (Å²) < 4.78 is 0. The highest BCUT2D eigenvalue weighted by Gasteiger charge is 2.16. The Kier molecular flexibility index (Phi) is 7.71. The molecule has 0 aliphatic rings. The minimum absolute atomic E-state index is 0.174. The number of amides is 1. The van der Waals surface area contributed by atoms with Crippen LogP contribution in [0.3, 0.4) is 0 Å². The van der Waals surface area contributed by atoms with E-state index < -0.39 is 0 Å². The lowest BCUT2D eigenvalue weighted by Gasteiger charge is -2.20. The van der Waals surface area contributed by atoms with Gasteiger partial charge in [0.25, 0.3) is 0 Å². The van der Waals surface area contributed by atoms with Crippen LogP contribution in [0.1, 0.15) is 43.2 Å². The van der Waals surface area contributed by atoms with Crippen LogP contribution in [0.15, 0.2) is 48.7 Å². The summed E-state index contributed by atoms with van der Waals surface area (Å²) in [4.78, 5) is 14.5. The first-order valence-electron chi connectivity index (χ1n) is 10.2. The van der Waals surface area contributed by atoms with Crippen LogP contribution in [-0.2, 0) is 11.2 Å². The first kappa shape index (κ1) is 22.1. The van der Waals surface area contributed by atoms with Gasteiger partial charge in [-0.25, -0.2) is 0 Å². The Morgan fingerprint density at radius 1 is 1.27 bits per heavy atom. The summed E-state index contributed by atoms with van der Waals surface area (Å²) in [5.41, 5.74) is 9.68. The first-order valence-corrected chi connectivity index (χ1v) is 10.9. The third kappa shape index (κ3) is 5.74. The molecule has 5 N–H and O–H groups in total. The van der Waals surface area contributed by atoms with Crippen molar-refractivity contribution in [3.8, 4) is 0 Å². The van der Waals surface area contributed by atoms with Crippen LogP contribution in [0.2, 0.25) is 5.02 Å². The van der Waals surface area contributed by atoms with E-state index in [9.17, 15) is 4.79 Å². The number of nitrogens with one attached hydrogen (secondary N) is 3. The van der Waals surface area contributed by atoms with Crippen molar-refractivity contribution in [1.82, 2.24) is 10.3 Å². The third-order valence-electron chi connectivity index (χ3n) is 5.29. The molecule has 30 heavy (non-hydrogen) atoms. The molecule has 158 valence electrons. The average molecular weight is 443 g/mol. The van der Waals surface area contributed by atoms with Crippen LogP contribution in [0, 0.1) is 0 Å². The highest BCUT2D eigenvalue weighted by molar-refractivity contribution is 7.80. The van der Waals surface area contributed by atoms with Crippen molar-refractivity contribution in [3.63, 3.8) is 0 Å². The Hall–Kier alpha value is -2.57. The molecule has 0 bridgehead atoms. The number of thiocarbonyl (C=S) groups is 1. The Balaban J connectivity index is 1.62. The van der Waals surface area contributed by atoms with E-state index in [1.54, 1.807) is 0 Å². The molecule has 2 aromatic carbocycles. The lowest BCUT2D eigenvalue weighted by Crippen LogP contribution is -2.30. The maximum Gasteiger partial charge on any atom is 0.217 e. The Morgan fingerprint density at radius 2 is 2.07 bits per heavy atom. The van der Waals surface area contributed by atoms with Crippen LogP contribution >= 0.6 is 23.8 Å². The Labute approximate surface area is 187 Å². The number of benzene rings is 2. The zero-order chi connectivity index (χ0) is 21.5. The number of halogens is 1. The fraction of sp³-hybridized carbons (Fsp3) is 0.304. The van der Waals surface area contributed by atoms with Crippen molar-refractivity contribution in [2.45, 2.75) is 38.5 Å². The fourth-order valence-electron chi connectivity index (χ4n) is 3.70. The van der Waals surface area contributed by atoms with Crippen molar-refractivity contribution in [2.24, 2.45) is 5.73 Å². The number of aromatic nitrogens is 1. The van der Waals surface area contributed by atoms with Crippen LogP contribution in [-0.4, -0.2) is 22.5 Å². The smallest absolute Gasteiger partial charge is 0.217 e. The van der Waals surface area contributed by atoms with E-state index in [0.29, 0.717) is 23.0 Å². The van der Waals surface area contributed by atoms with E-state index >= 15 is 0 Å². The molecule has 0 saturated heterocycles. The molecule has 3 aromatic rings. The number of hydrogen-bond donors (Lipinski definition) is 4. The summed E-state index contributed by atoms with van der Waals surface area (Å²) >= 11 is 11.7. The number of primary amides is 1. The average Bonchev–Trinajstić information content (AvgIpc) is 3.13. The Bertz CT molecular complexity index is 1030. The van der Waals surface area contributed by atoms with Crippen LogP contribution in [0.4, 0.5) is 5.69 Å². The lowest BCUT2D eigenvalue weighted by molar-refractivity contribution is -0.118. The minimum Gasteiger partial charge on any atom is -0.370 e. The predicted molar refractivity (Wildman–Crippen MR) is 129 cm³/mol. The number of hydrogen-bond acceptors (Lipinski definition) is 2. The van der Waals surface area contributed by atoms with Gasteiger partial charge in [0.1, 0.15) is 0 Å². The van der Waals surface area contributed by atoms with E-state index in [-0.39, 0.29) is 11.8 Å². The summed E-state index contributed by atoms with van der Waals surface area (Å²) in [7, 11) is 0. The maximum atomic E-state index is 11.2. The van der Waals surface area contributed by atoms with Gasteiger partial charge >= 0.3 is 0 Å². The number of anilines is 1. The van der Waals surface area contributed by atoms with Gasteiger partial charge in [0, 0.05) is 40.8 Å². The van der Waals surface area contributed by atoms with Gasteiger partial charge in [-0.3, -0.25) is 4.79 Å². The number of para-hydroxylation sites is 1. The molecule has 7 heteroatoms. The van der Waals surface area contributed by atoms with Crippen molar-refractivity contribution in [3.05, 3.63) is 64.8 Å². The van der Waals surface area contributed by atoms with Gasteiger partial charge < -0.3 is 21.4 Å². The van der Waals surface area contributed by atoms with Crippen LogP contribution < -0.4 is 16.4 Å². The highest BCUT2D eigenvalue weighted by atomic mass is 35.5. The standard InChI is InChI=1S/C23H27ClN4OS/c1-2-15(7-10-22(25)29)19-13-17(24)8-9-21(19)28-23(30)26-12-11-16-14-27-20-6-4-3-5-18(16)20/h3-6,8-9,13-15,27H,2,7,10-12H2,1H3,(H2,25,29)(H2,26,28,30). The second-order valence-corrected chi connectivity index (χ2v) is 8.18. The summed E-state index contributed by atoms with van der Waals surface area (Å²) in [6, 6.07) is 14.0. The van der Waals surface area contributed by atoms with E-state index in [1.165, 1.54) is 10.9 Å². The van der Waals surface area contributed by atoms with Crippen molar-refractivity contribution < 1.29 is 4.79 Å². The second kappa shape index (κ2) is 10.5. The zero-order valence-corrected chi connectivity index (χ0v) is 18.6. The molecule has 1 atom stereocenters. The first-order chi connectivity index (χ1) is 14.5. The molecule has 0 radical (unpaired) electrons. The maximum absolute atomic E-state index is 11.2. The number of aromatic amines is 1. The summed E-state index contributed by atoms with van der Waals surface area (Å²) in [6.07, 6.45) is 4.81. The van der Waals surface area contributed by atoms with Gasteiger partial charge in [0.05, 0.1) is 0 Å². The number of nitrogens with two attached hydrogens (primary N) is 1. The fourth-order valence-corrected chi connectivity index (χ4v) is 4.09. The normalized spacial score (nSPS) is 11.9. The molecule has 1 aromatic heterocycles. The second-order valence-electron chi connectivity index (χ2n) is 7.33. The number of carbonyl (C=O) groups excluding carboxylic acids is 1. The molecule has 3 rings (SSSR count). The van der Waals surface area contributed by atoms with Crippen molar-refractivity contribution in [1.29, 1.82) is 0 Å². The summed E-state index contributed by atoms with van der Waals surface area (Å²) in [6.45, 7) is 2.81. The number of H-pyrrole nitrogens is 1. The molecule has 5 nitrogen and oxygen atoms in total. The molecule has 0 aliphatic heterocycles. The number of rotatable bonds is 9. The molecule has 1 amide bonds. The molecule has 0 fully saturated rings. The minimum atomic E-state index is -0.292. The van der Waals surface area contributed by atoms with Crippen LogP contribution in [0.5, 0.6) is 0 Å². The van der Waals surface area contributed by atoms with Gasteiger partial charge in [-0.05, 0) is 72.8 Å². The molecular weight excluding hydrogens is 416 g/mol. The molecule has 0 aliphatic carbocycles. The molecular formula is C23H27ClN4OS. The van der Waals surface area contributed by atoms with Gasteiger partial charge in [-0.1, -0.05) is 36.7 Å². The largest absolute Gasteiger partial charge is 0.370 e.